The molecule has 0 aliphatic carbocycles. The summed E-state index contributed by atoms with van der Waals surface area (Å²) < 4.78 is 0. The van der Waals surface area contributed by atoms with Gasteiger partial charge in [0.15, 0.2) is 0 Å². The highest BCUT2D eigenvalue weighted by molar-refractivity contribution is 5.66. The van der Waals surface area contributed by atoms with Crippen molar-refractivity contribution in [2.75, 3.05) is 0 Å². The molecule has 0 spiro atoms. The van der Waals surface area contributed by atoms with E-state index in [0.717, 1.165) is 51.4 Å². The van der Waals surface area contributed by atoms with E-state index in [2.05, 4.69) is 24.0 Å². The minimum absolute atomic E-state index is 0.221. The van der Waals surface area contributed by atoms with Gasteiger partial charge in [0.2, 0.25) is 0 Å². The Hall–Kier alpha value is -1.39. The first-order valence-corrected chi connectivity index (χ1v) is 8.21. The van der Waals surface area contributed by atoms with E-state index in [0.29, 0.717) is 0 Å². The molecule has 2 N–H and O–H groups in total. The fourth-order valence-corrected chi connectivity index (χ4v) is 1.96. The molecule has 126 valence electrons. The van der Waals surface area contributed by atoms with E-state index < -0.39 is 5.97 Å². The van der Waals surface area contributed by atoms with E-state index in [1.807, 2.05) is 24.3 Å². The van der Waals surface area contributed by atoms with E-state index >= 15 is 0 Å². The van der Waals surface area contributed by atoms with Gasteiger partial charge in [-0.2, -0.15) is 0 Å². The number of aliphatic carboxylic acids is 1. The standard InChI is InChI=1S/C18H30O4/c1-2-3-11-14-17(22-21)15-12-9-7-5-4-6-8-10-13-16-18(19)20/h4,6-7,9,12,15,17,21H,2-3,5,8,10-11,13-14,16H2,1H3,(H,19,20)/b6-4-,9-7-,15-12+. The fraction of sp³-hybridized carbons (Fsp3) is 0.611. The molecule has 4 nitrogen and oxygen atoms in total. The topological polar surface area (TPSA) is 66.8 Å². The molecule has 22 heavy (non-hydrogen) atoms. The Balaban J connectivity index is 3.66. The molecule has 0 aliphatic rings. The summed E-state index contributed by atoms with van der Waals surface area (Å²) in [5.74, 6) is -0.724. The zero-order chi connectivity index (χ0) is 16.5. The van der Waals surface area contributed by atoms with Gasteiger partial charge in [-0.15, -0.1) is 0 Å². The van der Waals surface area contributed by atoms with Crippen molar-refractivity contribution >= 4 is 5.97 Å². The van der Waals surface area contributed by atoms with E-state index in [4.69, 9.17) is 10.4 Å². The molecule has 0 aromatic carbocycles. The largest absolute Gasteiger partial charge is 0.481 e. The van der Waals surface area contributed by atoms with E-state index in [1.165, 1.54) is 0 Å². The zero-order valence-electron chi connectivity index (χ0n) is 13.6. The maximum Gasteiger partial charge on any atom is 0.303 e. The first-order valence-electron chi connectivity index (χ1n) is 8.21. The highest BCUT2D eigenvalue weighted by atomic mass is 17.1. The predicted octanol–water partition coefficient (Wildman–Crippen LogP) is 5.13. The smallest absolute Gasteiger partial charge is 0.303 e. The summed E-state index contributed by atoms with van der Waals surface area (Å²) in [5.41, 5.74) is 0. The highest BCUT2D eigenvalue weighted by Crippen LogP contribution is 2.07. The van der Waals surface area contributed by atoms with Gasteiger partial charge in [-0.3, -0.25) is 10.1 Å². The Morgan fingerprint density at radius 3 is 2.59 bits per heavy atom. The molecule has 0 rings (SSSR count). The van der Waals surface area contributed by atoms with E-state index in [9.17, 15) is 4.79 Å². The van der Waals surface area contributed by atoms with Crippen molar-refractivity contribution in [3.63, 3.8) is 0 Å². The molecule has 0 radical (unpaired) electrons. The number of rotatable bonds is 14. The molecule has 0 aromatic rings. The number of allylic oxidation sites excluding steroid dienone is 5. The number of hydrogen-bond donors (Lipinski definition) is 2. The third kappa shape index (κ3) is 15.0. The monoisotopic (exact) mass is 310 g/mol. The van der Waals surface area contributed by atoms with Crippen molar-refractivity contribution in [2.45, 2.75) is 70.8 Å². The van der Waals surface area contributed by atoms with Crippen LogP contribution in [0.5, 0.6) is 0 Å². The van der Waals surface area contributed by atoms with Gasteiger partial charge in [-0.1, -0.05) is 62.6 Å². The lowest BCUT2D eigenvalue weighted by Gasteiger charge is -2.07. The second-order valence-corrected chi connectivity index (χ2v) is 5.30. The molecule has 4 heteroatoms. The minimum Gasteiger partial charge on any atom is -0.481 e. The normalized spacial score (nSPS) is 13.5. The van der Waals surface area contributed by atoms with Gasteiger partial charge in [0.25, 0.3) is 0 Å². The number of carbonyl (C=O) groups is 1. The van der Waals surface area contributed by atoms with Crippen molar-refractivity contribution in [3.8, 4) is 0 Å². The van der Waals surface area contributed by atoms with Gasteiger partial charge in [0, 0.05) is 6.42 Å². The predicted molar refractivity (Wildman–Crippen MR) is 89.8 cm³/mol. The Labute approximate surface area is 134 Å². The van der Waals surface area contributed by atoms with Gasteiger partial charge >= 0.3 is 5.97 Å². The molecule has 0 amide bonds. The van der Waals surface area contributed by atoms with Crippen LogP contribution in [0.1, 0.15) is 64.7 Å². The van der Waals surface area contributed by atoms with Crippen molar-refractivity contribution < 1.29 is 20.0 Å². The SMILES string of the molecule is CCCCCC(/C=C/C=C\C/C=C\CCCCC(=O)O)OO. The lowest BCUT2D eigenvalue weighted by atomic mass is 10.1. The summed E-state index contributed by atoms with van der Waals surface area (Å²) in [4.78, 5) is 14.7. The van der Waals surface area contributed by atoms with E-state index in [-0.39, 0.29) is 12.5 Å². The number of carboxylic acids is 1. The quantitative estimate of drug-likeness (QED) is 0.153. The van der Waals surface area contributed by atoms with Crippen molar-refractivity contribution in [1.29, 1.82) is 0 Å². The summed E-state index contributed by atoms with van der Waals surface area (Å²) in [5, 5.41) is 17.3. The Bertz CT molecular complexity index is 345. The van der Waals surface area contributed by atoms with Gasteiger partial charge < -0.3 is 5.11 Å². The summed E-state index contributed by atoms with van der Waals surface area (Å²) in [6.45, 7) is 2.15. The minimum atomic E-state index is -0.724. The number of hydrogen-bond acceptors (Lipinski definition) is 3. The average molecular weight is 310 g/mol. The second-order valence-electron chi connectivity index (χ2n) is 5.30. The number of unbranched alkanes of at least 4 members (excludes halogenated alkanes) is 4. The van der Waals surface area contributed by atoms with Crippen LogP contribution < -0.4 is 0 Å². The fourth-order valence-electron chi connectivity index (χ4n) is 1.96. The third-order valence-electron chi connectivity index (χ3n) is 3.25. The maximum absolute atomic E-state index is 10.3. The van der Waals surface area contributed by atoms with Crippen molar-refractivity contribution in [2.24, 2.45) is 0 Å². The molecule has 0 aromatic heterocycles. The maximum atomic E-state index is 10.3. The van der Waals surface area contributed by atoms with Crippen LogP contribution in [0.4, 0.5) is 0 Å². The van der Waals surface area contributed by atoms with Crippen LogP contribution in [-0.2, 0) is 9.68 Å². The molecule has 0 aliphatic heterocycles. The van der Waals surface area contributed by atoms with E-state index in [1.54, 1.807) is 0 Å². The van der Waals surface area contributed by atoms with Crippen LogP contribution in [0.2, 0.25) is 0 Å². The molecule has 0 heterocycles. The molecule has 1 atom stereocenters. The van der Waals surface area contributed by atoms with Gasteiger partial charge in [-0.25, -0.2) is 4.89 Å². The molecule has 0 bridgehead atoms. The average Bonchev–Trinajstić information content (AvgIpc) is 2.50. The molecular formula is C18H30O4. The Kier molecular flexibility index (Phi) is 15.0. The molecule has 0 fully saturated rings. The molecule has 0 saturated heterocycles. The molecule has 1 unspecified atom stereocenters. The van der Waals surface area contributed by atoms with Crippen LogP contribution in [0.25, 0.3) is 0 Å². The molecule has 0 saturated carbocycles. The number of carboxylic acid groups (broad SMARTS) is 1. The zero-order valence-corrected chi connectivity index (χ0v) is 13.6. The summed E-state index contributed by atoms with van der Waals surface area (Å²) >= 11 is 0. The highest BCUT2D eigenvalue weighted by Gasteiger charge is 2.02. The van der Waals surface area contributed by atoms with Crippen LogP contribution >= 0.6 is 0 Å². The Morgan fingerprint density at radius 2 is 1.91 bits per heavy atom. The van der Waals surface area contributed by atoms with Crippen LogP contribution in [0.15, 0.2) is 36.5 Å². The second kappa shape index (κ2) is 16.0. The van der Waals surface area contributed by atoms with Crippen LogP contribution in [0, 0.1) is 0 Å². The van der Waals surface area contributed by atoms with Gasteiger partial charge in [0.1, 0.15) is 6.10 Å². The lowest BCUT2D eigenvalue weighted by molar-refractivity contribution is -0.267. The summed E-state index contributed by atoms with van der Waals surface area (Å²) in [7, 11) is 0. The molecular weight excluding hydrogens is 280 g/mol. The first kappa shape index (κ1) is 20.6. The van der Waals surface area contributed by atoms with Crippen molar-refractivity contribution in [1.82, 2.24) is 0 Å². The third-order valence-corrected chi connectivity index (χ3v) is 3.25. The summed E-state index contributed by atoms with van der Waals surface area (Å²) in [6.07, 6.45) is 19.6. The van der Waals surface area contributed by atoms with Crippen molar-refractivity contribution in [3.05, 3.63) is 36.5 Å². The van der Waals surface area contributed by atoms with Gasteiger partial charge in [-0.05, 0) is 32.1 Å². The first-order chi connectivity index (χ1) is 10.7. The summed E-state index contributed by atoms with van der Waals surface area (Å²) in [6, 6.07) is 0. The Morgan fingerprint density at radius 1 is 1.09 bits per heavy atom. The van der Waals surface area contributed by atoms with Crippen LogP contribution in [0.3, 0.4) is 0 Å². The van der Waals surface area contributed by atoms with Crippen LogP contribution in [-0.4, -0.2) is 22.4 Å². The van der Waals surface area contributed by atoms with Gasteiger partial charge in [0.05, 0.1) is 0 Å². The lowest BCUT2D eigenvalue weighted by Crippen LogP contribution is -2.06.